The molecule has 1 fully saturated rings. The zero-order chi connectivity index (χ0) is 13.5. The molecule has 1 amide bonds. The maximum absolute atomic E-state index is 12.3. The lowest BCUT2D eigenvalue weighted by Gasteiger charge is -2.29. The second kappa shape index (κ2) is 7.36. The van der Waals surface area contributed by atoms with Crippen LogP contribution in [0.5, 0.6) is 0 Å². The number of ether oxygens (including phenoxy) is 1. The van der Waals surface area contributed by atoms with Gasteiger partial charge in [-0.2, -0.15) is 0 Å². The van der Waals surface area contributed by atoms with Crippen molar-refractivity contribution in [3.05, 3.63) is 0 Å². The van der Waals surface area contributed by atoms with Crippen LogP contribution in [0.3, 0.4) is 0 Å². The average Bonchev–Trinajstić information content (AvgIpc) is 2.65. The zero-order valence-electron chi connectivity index (χ0n) is 11.6. The van der Waals surface area contributed by atoms with E-state index in [1.54, 1.807) is 11.9 Å². The monoisotopic (exact) mass is 256 g/mol. The summed E-state index contributed by atoms with van der Waals surface area (Å²) in [5.74, 6) is -0.198. The molecule has 0 N–H and O–H groups in total. The highest BCUT2D eigenvalue weighted by molar-refractivity contribution is 5.82. The Bertz CT molecular complexity index is 286. The fourth-order valence-corrected chi connectivity index (χ4v) is 2.15. The van der Waals surface area contributed by atoms with Crippen LogP contribution in [-0.2, 0) is 14.3 Å². The molecule has 1 unspecified atom stereocenters. The Labute approximate surface area is 109 Å². The van der Waals surface area contributed by atoms with Gasteiger partial charge in [-0.3, -0.25) is 14.5 Å². The molecule has 0 radical (unpaired) electrons. The summed E-state index contributed by atoms with van der Waals surface area (Å²) in [6, 6.07) is -0.276. The van der Waals surface area contributed by atoms with Crippen LogP contribution < -0.4 is 0 Å². The number of carbonyl (C=O) groups excluding carboxylic acids is 2. The summed E-state index contributed by atoms with van der Waals surface area (Å²) in [5, 5.41) is 0. The van der Waals surface area contributed by atoms with Gasteiger partial charge in [0.25, 0.3) is 0 Å². The number of nitrogens with zero attached hydrogens (tertiary/aromatic N) is 2. The molecule has 0 saturated carbocycles. The summed E-state index contributed by atoms with van der Waals surface area (Å²) in [6.45, 7) is 3.68. The summed E-state index contributed by atoms with van der Waals surface area (Å²) in [4.78, 5) is 27.1. The molecule has 1 atom stereocenters. The van der Waals surface area contributed by atoms with E-state index in [0.717, 1.165) is 25.9 Å². The van der Waals surface area contributed by atoms with Gasteiger partial charge in [0.05, 0.1) is 19.7 Å². The van der Waals surface area contributed by atoms with E-state index in [0.29, 0.717) is 0 Å². The van der Waals surface area contributed by atoms with E-state index >= 15 is 0 Å². The Morgan fingerprint density at radius 3 is 2.28 bits per heavy atom. The van der Waals surface area contributed by atoms with Crippen molar-refractivity contribution in [2.24, 2.45) is 0 Å². The smallest absolute Gasteiger partial charge is 0.319 e. The Hall–Kier alpha value is -1.10. The van der Waals surface area contributed by atoms with E-state index in [1.807, 2.05) is 11.8 Å². The molecule has 1 saturated heterocycles. The molecule has 0 bridgehead atoms. The molecule has 1 aliphatic rings. The van der Waals surface area contributed by atoms with E-state index in [2.05, 4.69) is 4.74 Å². The third kappa shape index (κ3) is 4.29. The molecule has 18 heavy (non-hydrogen) atoms. The van der Waals surface area contributed by atoms with E-state index in [-0.39, 0.29) is 24.5 Å². The number of rotatable bonds is 4. The standard InChI is InChI=1S/C13H24N2O3/c1-11(14(2)10-12(16)18-3)13(17)15-8-6-4-5-7-9-15/h11H,4-10H2,1-3H3. The zero-order valence-corrected chi connectivity index (χ0v) is 11.6. The van der Waals surface area contributed by atoms with Crippen molar-refractivity contribution in [1.82, 2.24) is 9.80 Å². The Morgan fingerprint density at radius 2 is 1.78 bits per heavy atom. The van der Waals surface area contributed by atoms with Crippen molar-refractivity contribution in [2.75, 3.05) is 33.8 Å². The van der Waals surface area contributed by atoms with Gasteiger partial charge in [0.2, 0.25) is 5.91 Å². The highest BCUT2D eigenvalue weighted by Gasteiger charge is 2.25. The molecule has 0 aromatic heterocycles. The van der Waals surface area contributed by atoms with Gasteiger partial charge in [-0.25, -0.2) is 0 Å². The average molecular weight is 256 g/mol. The van der Waals surface area contributed by atoms with Gasteiger partial charge < -0.3 is 9.64 Å². The summed E-state index contributed by atoms with van der Waals surface area (Å²) in [6.07, 6.45) is 4.57. The summed E-state index contributed by atoms with van der Waals surface area (Å²) in [7, 11) is 3.13. The van der Waals surface area contributed by atoms with Crippen molar-refractivity contribution < 1.29 is 14.3 Å². The van der Waals surface area contributed by atoms with Gasteiger partial charge in [0.1, 0.15) is 0 Å². The number of carbonyl (C=O) groups is 2. The van der Waals surface area contributed by atoms with Gasteiger partial charge >= 0.3 is 5.97 Å². The molecule has 5 nitrogen and oxygen atoms in total. The minimum atomic E-state index is -0.312. The molecule has 1 heterocycles. The first-order chi connectivity index (χ1) is 8.56. The number of esters is 1. The third-order valence-electron chi connectivity index (χ3n) is 3.54. The predicted octanol–water partition coefficient (Wildman–Crippen LogP) is 0.882. The second-order valence-electron chi connectivity index (χ2n) is 4.91. The quantitative estimate of drug-likeness (QED) is 0.701. The SMILES string of the molecule is COC(=O)CN(C)C(C)C(=O)N1CCCCCC1. The number of hydrogen-bond acceptors (Lipinski definition) is 4. The first-order valence-corrected chi connectivity index (χ1v) is 6.62. The number of amides is 1. The van der Waals surface area contributed by atoms with Gasteiger partial charge in [-0.15, -0.1) is 0 Å². The van der Waals surface area contributed by atoms with Crippen LogP contribution in [0.2, 0.25) is 0 Å². The van der Waals surface area contributed by atoms with Gasteiger partial charge in [-0.05, 0) is 26.8 Å². The van der Waals surface area contributed by atoms with Crippen LogP contribution >= 0.6 is 0 Å². The normalized spacial score (nSPS) is 18.3. The minimum Gasteiger partial charge on any atom is -0.468 e. The van der Waals surface area contributed by atoms with Crippen LogP contribution in [-0.4, -0.2) is 61.5 Å². The van der Waals surface area contributed by atoms with Crippen LogP contribution in [0, 0.1) is 0 Å². The molecular weight excluding hydrogens is 232 g/mol. The molecule has 0 aromatic rings. The number of methoxy groups -OCH3 is 1. The minimum absolute atomic E-state index is 0.114. The maximum atomic E-state index is 12.3. The Balaban J connectivity index is 2.50. The van der Waals surface area contributed by atoms with E-state index in [9.17, 15) is 9.59 Å². The fourth-order valence-electron chi connectivity index (χ4n) is 2.15. The highest BCUT2D eigenvalue weighted by atomic mass is 16.5. The predicted molar refractivity (Wildman–Crippen MR) is 69.2 cm³/mol. The summed E-state index contributed by atoms with van der Waals surface area (Å²) in [5.41, 5.74) is 0. The first kappa shape index (κ1) is 15.0. The summed E-state index contributed by atoms with van der Waals surface area (Å²) < 4.78 is 4.61. The van der Waals surface area contributed by atoms with Gasteiger partial charge in [0, 0.05) is 13.1 Å². The number of likely N-dealkylation sites (N-methyl/N-ethyl adjacent to an activating group) is 1. The highest BCUT2D eigenvalue weighted by Crippen LogP contribution is 2.12. The molecule has 0 aliphatic carbocycles. The van der Waals surface area contributed by atoms with E-state index < -0.39 is 0 Å². The molecule has 0 spiro atoms. The first-order valence-electron chi connectivity index (χ1n) is 6.62. The Morgan fingerprint density at radius 1 is 1.22 bits per heavy atom. The lowest BCUT2D eigenvalue weighted by molar-refractivity contribution is -0.144. The van der Waals surface area contributed by atoms with Crippen LogP contribution in [0.15, 0.2) is 0 Å². The molecule has 5 heteroatoms. The third-order valence-corrected chi connectivity index (χ3v) is 3.54. The second-order valence-corrected chi connectivity index (χ2v) is 4.91. The number of hydrogen-bond donors (Lipinski definition) is 0. The van der Waals surface area contributed by atoms with Crippen molar-refractivity contribution in [3.63, 3.8) is 0 Å². The van der Waals surface area contributed by atoms with Crippen molar-refractivity contribution in [1.29, 1.82) is 0 Å². The maximum Gasteiger partial charge on any atom is 0.319 e. The van der Waals surface area contributed by atoms with Crippen molar-refractivity contribution in [2.45, 2.75) is 38.6 Å². The topological polar surface area (TPSA) is 49.9 Å². The lowest BCUT2D eigenvalue weighted by Crippen LogP contribution is -2.47. The van der Waals surface area contributed by atoms with Crippen molar-refractivity contribution >= 4 is 11.9 Å². The van der Waals surface area contributed by atoms with E-state index in [4.69, 9.17) is 0 Å². The molecular formula is C13H24N2O3. The van der Waals surface area contributed by atoms with E-state index in [1.165, 1.54) is 20.0 Å². The van der Waals surface area contributed by atoms with Gasteiger partial charge in [-0.1, -0.05) is 12.8 Å². The van der Waals surface area contributed by atoms with Gasteiger partial charge in [0.15, 0.2) is 0 Å². The molecule has 0 aromatic carbocycles. The molecule has 104 valence electrons. The van der Waals surface area contributed by atoms with Crippen LogP contribution in [0.25, 0.3) is 0 Å². The largest absolute Gasteiger partial charge is 0.468 e. The Kier molecular flexibility index (Phi) is 6.12. The van der Waals surface area contributed by atoms with Crippen LogP contribution in [0.1, 0.15) is 32.6 Å². The van der Waals surface area contributed by atoms with Crippen molar-refractivity contribution in [3.8, 4) is 0 Å². The lowest BCUT2D eigenvalue weighted by atomic mass is 10.2. The molecule has 1 rings (SSSR count). The summed E-state index contributed by atoms with van der Waals surface area (Å²) >= 11 is 0. The molecule has 1 aliphatic heterocycles. The number of likely N-dealkylation sites (tertiary alicyclic amines) is 1. The fraction of sp³-hybridized carbons (Fsp3) is 0.846. The van der Waals surface area contributed by atoms with Crippen LogP contribution in [0.4, 0.5) is 0 Å².